The minimum Gasteiger partial charge on any atom is -0.472 e. The lowest BCUT2D eigenvalue weighted by Gasteiger charge is -2.17. The fourth-order valence-corrected chi connectivity index (χ4v) is 3.41. The number of nitrogens with zero attached hydrogens (tertiary/aromatic N) is 3. The van der Waals surface area contributed by atoms with Gasteiger partial charge in [0.25, 0.3) is 5.91 Å². The van der Waals surface area contributed by atoms with Crippen molar-refractivity contribution in [1.29, 1.82) is 0 Å². The van der Waals surface area contributed by atoms with Gasteiger partial charge in [-0.15, -0.1) is 0 Å². The van der Waals surface area contributed by atoms with Crippen molar-refractivity contribution in [3.05, 3.63) is 40.9 Å². The molecule has 0 aromatic carbocycles. The normalized spacial score (nSPS) is 20.0. The number of carbonyl (C=O) groups excluding carboxylic acids is 1. The van der Waals surface area contributed by atoms with Crippen LogP contribution in [-0.2, 0) is 12.8 Å². The Bertz CT molecular complexity index is 738. The fourth-order valence-electron chi connectivity index (χ4n) is 3.41. The van der Waals surface area contributed by atoms with Crippen LogP contribution in [-0.4, -0.2) is 40.1 Å². The first-order valence-corrected chi connectivity index (χ1v) is 8.57. The summed E-state index contributed by atoms with van der Waals surface area (Å²) >= 11 is 0. The summed E-state index contributed by atoms with van der Waals surface area (Å²) in [6.45, 7) is 3.23. The number of amides is 1. The lowest BCUT2D eigenvalue weighted by molar-refractivity contribution is 0.0760. The molecule has 1 amide bonds. The van der Waals surface area contributed by atoms with Crippen LogP contribution < -0.4 is 4.74 Å². The lowest BCUT2D eigenvalue weighted by atomic mass is 9.96. The van der Waals surface area contributed by atoms with Gasteiger partial charge in [-0.25, -0.2) is 4.98 Å². The van der Waals surface area contributed by atoms with Crippen LogP contribution >= 0.6 is 0 Å². The highest BCUT2D eigenvalue weighted by Crippen LogP contribution is 2.26. The Balaban J connectivity index is 1.42. The largest absolute Gasteiger partial charge is 0.472 e. The molecule has 1 saturated heterocycles. The quantitative estimate of drug-likeness (QED) is 0.866. The molecular weight excluding hydrogens is 306 g/mol. The molecule has 1 aliphatic carbocycles. The van der Waals surface area contributed by atoms with Crippen molar-refractivity contribution in [1.82, 2.24) is 15.0 Å². The van der Waals surface area contributed by atoms with Gasteiger partial charge in [0.05, 0.1) is 6.54 Å². The number of aromatic nitrogens is 2. The average Bonchev–Trinajstić information content (AvgIpc) is 3.23. The number of hydrogen-bond acceptors (Lipinski definition) is 5. The Morgan fingerprint density at radius 1 is 1.33 bits per heavy atom. The number of hydrogen-bond donors (Lipinski definition) is 0. The monoisotopic (exact) mass is 327 g/mol. The highest BCUT2D eigenvalue weighted by atomic mass is 16.5. The summed E-state index contributed by atoms with van der Waals surface area (Å²) in [4.78, 5) is 18.8. The maximum absolute atomic E-state index is 12.8. The van der Waals surface area contributed by atoms with Crippen molar-refractivity contribution >= 4 is 5.91 Å². The second-order valence-corrected chi connectivity index (χ2v) is 6.59. The number of carbonyl (C=O) groups is 1. The van der Waals surface area contributed by atoms with Crippen LogP contribution in [0.25, 0.3) is 0 Å². The zero-order valence-electron chi connectivity index (χ0n) is 13.8. The molecule has 1 aliphatic heterocycles. The molecule has 2 aromatic heterocycles. The molecule has 0 bridgehead atoms. The van der Waals surface area contributed by atoms with Crippen LogP contribution in [0.2, 0.25) is 0 Å². The molecule has 0 unspecified atom stereocenters. The number of aryl methyl sites for hydroxylation is 2. The van der Waals surface area contributed by atoms with Gasteiger partial charge in [-0.2, -0.15) is 0 Å². The molecule has 0 N–H and O–H groups in total. The zero-order chi connectivity index (χ0) is 16.5. The van der Waals surface area contributed by atoms with Gasteiger partial charge >= 0.3 is 0 Å². The first-order valence-electron chi connectivity index (χ1n) is 8.57. The number of ether oxygens (including phenoxy) is 1. The third-order valence-corrected chi connectivity index (χ3v) is 4.76. The van der Waals surface area contributed by atoms with Crippen molar-refractivity contribution in [3.63, 3.8) is 0 Å². The summed E-state index contributed by atoms with van der Waals surface area (Å²) in [5.41, 5.74) is 2.61. The molecule has 1 fully saturated rings. The van der Waals surface area contributed by atoms with E-state index in [0.29, 0.717) is 24.7 Å². The molecule has 24 heavy (non-hydrogen) atoms. The number of fused-ring (bicyclic) bond motifs is 1. The molecule has 4 rings (SSSR count). The van der Waals surface area contributed by atoms with Gasteiger partial charge in [-0.05, 0) is 31.7 Å². The lowest BCUT2D eigenvalue weighted by Crippen LogP contribution is -2.32. The summed E-state index contributed by atoms with van der Waals surface area (Å²) in [6.07, 6.45) is 6.56. The SMILES string of the molecule is Cc1ccc(O[C@@H]2CCN(C(=O)c3noc4c3CCCC4)C2)nc1. The van der Waals surface area contributed by atoms with E-state index in [9.17, 15) is 4.79 Å². The Kier molecular flexibility index (Phi) is 3.96. The molecule has 6 nitrogen and oxygen atoms in total. The molecule has 0 saturated carbocycles. The third-order valence-electron chi connectivity index (χ3n) is 4.76. The van der Waals surface area contributed by atoms with E-state index >= 15 is 0 Å². The van der Waals surface area contributed by atoms with E-state index in [1.807, 2.05) is 24.0 Å². The minimum absolute atomic E-state index is 0.0214. The van der Waals surface area contributed by atoms with Gasteiger partial charge < -0.3 is 14.2 Å². The Morgan fingerprint density at radius 2 is 2.21 bits per heavy atom. The predicted octanol–water partition coefficient (Wildman–Crippen LogP) is 2.55. The second kappa shape index (κ2) is 6.26. The highest BCUT2D eigenvalue weighted by Gasteiger charge is 2.33. The fraction of sp³-hybridized carbons (Fsp3) is 0.500. The van der Waals surface area contributed by atoms with E-state index < -0.39 is 0 Å². The van der Waals surface area contributed by atoms with Crippen LogP contribution in [0.1, 0.15) is 46.6 Å². The van der Waals surface area contributed by atoms with Gasteiger partial charge in [0.1, 0.15) is 11.9 Å². The molecule has 0 spiro atoms. The smallest absolute Gasteiger partial charge is 0.276 e. The highest BCUT2D eigenvalue weighted by molar-refractivity contribution is 5.94. The summed E-state index contributed by atoms with van der Waals surface area (Å²) < 4.78 is 11.3. The average molecular weight is 327 g/mol. The van der Waals surface area contributed by atoms with E-state index in [4.69, 9.17) is 9.26 Å². The van der Waals surface area contributed by atoms with Crippen molar-refractivity contribution < 1.29 is 14.1 Å². The molecule has 2 aliphatic rings. The molecule has 6 heteroatoms. The second-order valence-electron chi connectivity index (χ2n) is 6.59. The summed E-state index contributed by atoms with van der Waals surface area (Å²) in [5, 5.41) is 4.04. The third kappa shape index (κ3) is 2.88. The van der Waals surface area contributed by atoms with Crippen molar-refractivity contribution in [2.24, 2.45) is 0 Å². The Labute approximate surface area is 140 Å². The van der Waals surface area contributed by atoms with E-state index in [-0.39, 0.29) is 12.0 Å². The molecule has 0 radical (unpaired) electrons. The number of pyridine rings is 1. The predicted molar refractivity (Wildman–Crippen MR) is 87.1 cm³/mol. The van der Waals surface area contributed by atoms with Crippen molar-refractivity contribution in [2.75, 3.05) is 13.1 Å². The minimum atomic E-state index is -0.0372. The molecular formula is C18H21N3O3. The van der Waals surface area contributed by atoms with Gasteiger partial charge in [0.15, 0.2) is 5.69 Å². The van der Waals surface area contributed by atoms with Gasteiger partial charge in [0.2, 0.25) is 5.88 Å². The maximum atomic E-state index is 12.8. The number of rotatable bonds is 3. The maximum Gasteiger partial charge on any atom is 0.276 e. The van der Waals surface area contributed by atoms with Crippen LogP contribution in [0.5, 0.6) is 5.88 Å². The molecule has 1 atom stereocenters. The van der Waals surface area contributed by atoms with Gasteiger partial charge in [-0.3, -0.25) is 4.79 Å². The van der Waals surface area contributed by atoms with Crippen LogP contribution in [0.4, 0.5) is 0 Å². The summed E-state index contributed by atoms with van der Waals surface area (Å²) in [5.74, 6) is 1.46. The van der Waals surface area contributed by atoms with Gasteiger partial charge in [0, 0.05) is 37.2 Å². The Hall–Kier alpha value is -2.37. The first-order chi connectivity index (χ1) is 11.7. The zero-order valence-corrected chi connectivity index (χ0v) is 13.8. The van der Waals surface area contributed by atoms with Crippen LogP contribution in [0.3, 0.4) is 0 Å². The molecule has 2 aromatic rings. The van der Waals surface area contributed by atoms with E-state index in [0.717, 1.165) is 49.0 Å². The first kappa shape index (κ1) is 15.2. The van der Waals surface area contributed by atoms with Gasteiger partial charge in [-0.1, -0.05) is 11.2 Å². The van der Waals surface area contributed by atoms with Crippen LogP contribution in [0.15, 0.2) is 22.9 Å². The topological polar surface area (TPSA) is 68.5 Å². The van der Waals surface area contributed by atoms with E-state index in [2.05, 4.69) is 10.1 Å². The summed E-state index contributed by atoms with van der Waals surface area (Å²) in [6, 6.07) is 3.84. The number of likely N-dealkylation sites (tertiary alicyclic amines) is 1. The Morgan fingerprint density at radius 3 is 3.04 bits per heavy atom. The summed E-state index contributed by atoms with van der Waals surface area (Å²) in [7, 11) is 0. The van der Waals surface area contributed by atoms with E-state index in [1.54, 1.807) is 6.20 Å². The molecule has 3 heterocycles. The van der Waals surface area contributed by atoms with Crippen molar-refractivity contribution in [2.45, 2.75) is 45.1 Å². The molecule has 126 valence electrons. The van der Waals surface area contributed by atoms with Crippen molar-refractivity contribution in [3.8, 4) is 5.88 Å². The van der Waals surface area contributed by atoms with Crippen LogP contribution in [0, 0.1) is 6.92 Å². The standard InChI is InChI=1S/C18H21N3O3/c1-12-6-7-16(19-10-12)23-13-8-9-21(11-13)18(22)17-14-4-2-3-5-15(14)24-20-17/h6-7,10,13H,2-5,8-9,11H2,1H3/t13-/m1/s1. The van der Waals surface area contributed by atoms with E-state index in [1.165, 1.54) is 0 Å².